The molecular weight excluding hydrogens is 423 g/mol. The van der Waals surface area contributed by atoms with Crippen molar-refractivity contribution >= 4 is 23.3 Å². The first-order chi connectivity index (χ1) is 16.0. The summed E-state index contributed by atoms with van der Waals surface area (Å²) in [5.74, 6) is -0.978. The van der Waals surface area contributed by atoms with E-state index >= 15 is 0 Å². The van der Waals surface area contributed by atoms with Crippen LogP contribution in [0, 0.1) is 5.82 Å². The Kier molecular flexibility index (Phi) is 6.76. The summed E-state index contributed by atoms with van der Waals surface area (Å²) in [6.07, 6.45) is 5.00. The number of fused-ring (bicyclic) bond motifs is 1. The molecule has 4 rings (SSSR count). The van der Waals surface area contributed by atoms with Crippen LogP contribution in [0.3, 0.4) is 0 Å². The third kappa shape index (κ3) is 4.76. The molecule has 2 aromatic carbocycles. The zero-order valence-electron chi connectivity index (χ0n) is 18.3. The van der Waals surface area contributed by atoms with Crippen molar-refractivity contribution in [3.63, 3.8) is 0 Å². The van der Waals surface area contributed by atoms with E-state index in [1.54, 1.807) is 19.1 Å². The molecule has 170 valence electrons. The topological polar surface area (TPSA) is 91.1 Å². The molecule has 1 aliphatic heterocycles. The number of nitrogens with zero attached hydrogens (tertiary/aromatic N) is 4. The number of benzene rings is 2. The van der Waals surface area contributed by atoms with Gasteiger partial charge in [-0.05, 0) is 49.6 Å². The molecule has 7 nitrogen and oxygen atoms in total. The van der Waals surface area contributed by atoms with Gasteiger partial charge in [-0.25, -0.2) is 14.4 Å². The Morgan fingerprint density at radius 1 is 1.24 bits per heavy atom. The number of phenolic OH excluding ortho intramolecular Hbond substituents is 1. The minimum absolute atomic E-state index is 0.171. The molecule has 3 aromatic rings. The molecule has 0 aliphatic carbocycles. The summed E-state index contributed by atoms with van der Waals surface area (Å²) < 4.78 is 20.4. The second-order valence-electron chi connectivity index (χ2n) is 7.75. The number of aromatic nitrogens is 2. The van der Waals surface area contributed by atoms with Gasteiger partial charge in [-0.15, -0.1) is 0 Å². The van der Waals surface area contributed by atoms with E-state index in [4.69, 9.17) is 4.74 Å². The Morgan fingerprint density at radius 2 is 2.03 bits per heavy atom. The maximum Gasteiger partial charge on any atom is 0.136 e. The van der Waals surface area contributed by atoms with E-state index in [2.05, 4.69) is 26.6 Å². The highest BCUT2D eigenvalue weighted by Crippen LogP contribution is 2.37. The second-order valence-corrected chi connectivity index (χ2v) is 7.75. The Bertz CT molecular complexity index is 1240. The molecule has 0 bridgehead atoms. The number of aromatic hydroxyl groups is 1. The molecule has 1 aromatic heterocycles. The maximum absolute atomic E-state index is 15.0. The number of phenols is 1. The predicted octanol–water partition coefficient (Wildman–Crippen LogP) is 4.17. The van der Waals surface area contributed by atoms with E-state index < -0.39 is 11.9 Å². The van der Waals surface area contributed by atoms with Gasteiger partial charge in [-0.3, -0.25) is 4.99 Å². The summed E-state index contributed by atoms with van der Waals surface area (Å²) in [7, 11) is 0. The molecule has 1 aliphatic rings. The van der Waals surface area contributed by atoms with Crippen LogP contribution in [0.1, 0.15) is 18.6 Å². The monoisotopic (exact) mass is 448 g/mol. The smallest absolute Gasteiger partial charge is 0.136 e. The molecule has 0 radical (unpaired) electrons. The van der Waals surface area contributed by atoms with Gasteiger partial charge in [-0.2, -0.15) is 0 Å². The summed E-state index contributed by atoms with van der Waals surface area (Å²) in [6, 6.07) is 8.21. The summed E-state index contributed by atoms with van der Waals surface area (Å²) in [5, 5.41) is 21.7. The van der Waals surface area contributed by atoms with Gasteiger partial charge in [0.1, 0.15) is 24.0 Å². The van der Waals surface area contributed by atoms with Crippen LogP contribution in [-0.2, 0) is 4.74 Å². The first-order valence-corrected chi connectivity index (χ1v) is 10.6. The van der Waals surface area contributed by atoms with Crippen molar-refractivity contribution in [3.05, 3.63) is 72.0 Å². The molecule has 1 atom stereocenters. The predicted molar refractivity (Wildman–Crippen MR) is 127 cm³/mol. The number of aliphatic imine (C=N–C) groups is 1. The van der Waals surface area contributed by atoms with E-state index in [0.717, 1.165) is 24.8 Å². The first-order valence-electron chi connectivity index (χ1n) is 10.6. The van der Waals surface area contributed by atoms with Crippen LogP contribution in [0.15, 0.2) is 65.6 Å². The summed E-state index contributed by atoms with van der Waals surface area (Å²) in [6.45, 7) is 7.99. The molecule has 1 unspecified atom stereocenters. The number of aliphatic hydroxyl groups is 1. The van der Waals surface area contributed by atoms with E-state index in [1.807, 2.05) is 18.2 Å². The highest BCUT2D eigenvalue weighted by Gasteiger charge is 2.21. The normalized spacial score (nSPS) is 15.8. The zero-order chi connectivity index (χ0) is 23.4. The van der Waals surface area contributed by atoms with Crippen LogP contribution in [-0.4, -0.2) is 53.2 Å². The van der Waals surface area contributed by atoms with Gasteiger partial charge >= 0.3 is 0 Å². The van der Waals surface area contributed by atoms with Crippen molar-refractivity contribution in [2.24, 2.45) is 4.99 Å². The Morgan fingerprint density at radius 3 is 2.79 bits per heavy atom. The van der Waals surface area contributed by atoms with Crippen molar-refractivity contribution in [2.75, 3.05) is 31.2 Å². The second kappa shape index (κ2) is 9.89. The average molecular weight is 448 g/mol. The molecule has 0 spiro atoms. The summed E-state index contributed by atoms with van der Waals surface area (Å²) >= 11 is 0. The van der Waals surface area contributed by atoms with Crippen LogP contribution >= 0.6 is 0 Å². The van der Waals surface area contributed by atoms with Crippen molar-refractivity contribution in [1.29, 1.82) is 0 Å². The number of halogens is 1. The van der Waals surface area contributed by atoms with Crippen LogP contribution in [0.2, 0.25) is 0 Å². The summed E-state index contributed by atoms with van der Waals surface area (Å²) in [5.41, 5.74) is 2.97. The minimum Gasteiger partial charge on any atom is -0.507 e. The molecule has 2 heterocycles. The standard InChI is InChI=1S/C25H25FN4O3/c1-16(4-3-7-27-2)25(32)20-13-19(21(26)14-23(20)31)24-18-6-5-17(12-22(18)28-15-29-24)30-8-10-33-11-9-30/h3-7,12-15,25,31-32H,2,8-11H2,1H3/b7-3-,16-4+. The number of allylic oxidation sites excluding steroid dienone is 2. The van der Waals surface area contributed by atoms with Crippen LogP contribution in [0.25, 0.3) is 22.2 Å². The first kappa shape index (κ1) is 22.6. The molecule has 0 amide bonds. The number of morpholine rings is 1. The quantitative estimate of drug-likeness (QED) is 0.434. The number of aliphatic hydroxyl groups excluding tert-OH is 1. The Hall–Kier alpha value is -3.62. The number of rotatable bonds is 6. The zero-order valence-corrected chi connectivity index (χ0v) is 18.3. The van der Waals surface area contributed by atoms with Crippen LogP contribution in [0.4, 0.5) is 10.1 Å². The number of hydrogen-bond acceptors (Lipinski definition) is 7. The highest BCUT2D eigenvalue weighted by atomic mass is 19.1. The molecule has 8 heteroatoms. The fraction of sp³-hybridized carbons (Fsp3) is 0.240. The largest absolute Gasteiger partial charge is 0.507 e. The van der Waals surface area contributed by atoms with E-state index in [1.165, 1.54) is 18.6 Å². The van der Waals surface area contributed by atoms with E-state index in [9.17, 15) is 14.6 Å². The minimum atomic E-state index is -1.14. The van der Waals surface area contributed by atoms with E-state index in [0.29, 0.717) is 35.4 Å². The van der Waals surface area contributed by atoms with Gasteiger partial charge in [0.2, 0.25) is 0 Å². The lowest BCUT2D eigenvalue weighted by molar-refractivity contribution is 0.122. The van der Waals surface area contributed by atoms with Crippen molar-refractivity contribution < 1.29 is 19.3 Å². The molecular formula is C25H25FN4O3. The Labute approximate surface area is 191 Å². The molecule has 1 saturated heterocycles. The molecule has 0 saturated carbocycles. The highest BCUT2D eigenvalue weighted by molar-refractivity contribution is 5.94. The number of hydrogen-bond donors (Lipinski definition) is 2. The fourth-order valence-electron chi connectivity index (χ4n) is 3.85. The average Bonchev–Trinajstić information content (AvgIpc) is 2.84. The number of anilines is 1. The lowest BCUT2D eigenvalue weighted by atomic mass is 9.96. The lowest BCUT2D eigenvalue weighted by Gasteiger charge is -2.29. The Balaban J connectivity index is 1.76. The van der Waals surface area contributed by atoms with Crippen molar-refractivity contribution in [1.82, 2.24) is 9.97 Å². The SMILES string of the molecule is C=N/C=C\C=C(/C)C(O)c1cc(-c2ncnc3cc(N4CCOCC4)ccc23)c(F)cc1O. The lowest BCUT2D eigenvalue weighted by Crippen LogP contribution is -2.36. The van der Waals surface area contributed by atoms with Crippen LogP contribution in [0.5, 0.6) is 5.75 Å². The van der Waals surface area contributed by atoms with Gasteiger partial charge < -0.3 is 19.8 Å². The molecule has 2 N–H and O–H groups in total. The van der Waals surface area contributed by atoms with Gasteiger partial charge in [0.15, 0.2) is 0 Å². The third-order valence-electron chi connectivity index (χ3n) is 5.64. The van der Waals surface area contributed by atoms with Crippen molar-refractivity contribution in [2.45, 2.75) is 13.0 Å². The fourth-order valence-corrected chi connectivity index (χ4v) is 3.85. The van der Waals surface area contributed by atoms with Gasteiger partial charge in [0, 0.05) is 47.6 Å². The van der Waals surface area contributed by atoms with Gasteiger partial charge in [0.05, 0.1) is 24.4 Å². The number of ether oxygens (including phenoxy) is 1. The molecule has 1 fully saturated rings. The maximum atomic E-state index is 15.0. The van der Waals surface area contributed by atoms with Crippen molar-refractivity contribution in [3.8, 4) is 17.0 Å². The van der Waals surface area contributed by atoms with Gasteiger partial charge in [0.25, 0.3) is 0 Å². The van der Waals surface area contributed by atoms with Gasteiger partial charge in [-0.1, -0.05) is 6.08 Å². The molecule has 33 heavy (non-hydrogen) atoms. The van der Waals surface area contributed by atoms with E-state index in [-0.39, 0.29) is 16.9 Å². The van der Waals surface area contributed by atoms with Crippen LogP contribution < -0.4 is 4.90 Å². The summed E-state index contributed by atoms with van der Waals surface area (Å²) in [4.78, 5) is 14.5. The third-order valence-corrected chi connectivity index (χ3v) is 5.64.